The molecule has 6 nitrogen and oxygen atoms in total. The first-order valence-corrected chi connectivity index (χ1v) is 6.55. The summed E-state index contributed by atoms with van der Waals surface area (Å²) in [5.74, 6) is -0.633. The fraction of sp³-hybridized carbons (Fsp3) is 0.500. The Morgan fingerprint density at radius 3 is 2.80 bits per heavy atom. The van der Waals surface area contributed by atoms with Crippen molar-refractivity contribution in [3.63, 3.8) is 0 Å². The van der Waals surface area contributed by atoms with Gasteiger partial charge < -0.3 is 15.2 Å². The quantitative estimate of drug-likeness (QED) is 0.773. The number of rotatable bonds is 6. The number of pyridine rings is 1. The maximum atomic E-state index is 11.4. The van der Waals surface area contributed by atoms with Crippen molar-refractivity contribution in [1.29, 1.82) is 0 Å². The molecule has 0 aliphatic heterocycles. The smallest absolute Gasteiger partial charge is 0.338 e. The molecule has 6 heteroatoms. The minimum atomic E-state index is -0.775. The number of hydrogen-bond acceptors (Lipinski definition) is 5. The molecular formula is C14H18N2O4. The molecule has 0 atom stereocenters. The summed E-state index contributed by atoms with van der Waals surface area (Å²) in [7, 11) is 1.33. The average molecular weight is 278 g/mol. The monoisotopic (exact) mass is 278 g/mol. The molecule has 2 rings (SSSR count). The second kappa shape index (κ2) is 5.90. The topological polar surface area (TPSA) is 88.5 Å². The number of aliphatic carboxylic acids is 1. The normalized spacial score (nSPS) is 16.1. The Kier molecular flexibility index (Phi) is 4.22. The number of nitrogens with one attached hydrogen (secondary N) is 1. The van der Waals surface area contributed by atoms with E-state index in [0.29, 0.717) is 17.9 Å². The lowest BCUT2D eigenvalue weighted by Crippen LogP contribution is -2.38. The molecule has 1 aromatic rings. The van der Waals surface area contributed by atoms with Crippen molar-refractivity contribution in [2.45, 2.75) is 25.7 Å². The lowest BCUT2D eigenvalue weighted by atomic mass is 9.66. The molecule has 20 heavy (non-hydrogen) atoms. The van der Waals surface area contributed by atoms with Crippen molar-refractivity contribution in [2.24, 2.45) is 5.41 Å². The van der Waals surface area contributed by atoms with Gasteiger partial charge >= 0.3 is 11.9 Å². The van der Waals surface area contributed by atoms with E-state index in [2.05, 4.69) is 15.0 Å². The van der Waals surface area contributed by atoms with Crippen LogP contribution in [0.2, 0.25) is 0 Å². The predicted molar refractivity (Wildman–Crippen MR) is 72.6 cm³/mol. The summed E-state index contributed by atoms with van der Waals surface area (Å²) in [5, 5.41) is 12.1. The lowest BCUT2D eigenvalue weighted by Gasteiger charge is -2.41. The first kappa shape index (κ1) is 14.3. The lowest BCUT2D eigenvalue weighted by molar-refractivity contribution is -0.141. The summed E-state index contributed by atoms with van der Waals surface area (Å²) in [5.41, 5.74) is 0.236. The molecule has 108 valence electrons. The number of aromatic nitrogens is 1. The van der Waals surface area contributed by atoms with Gasteiger partial charge in [0.15, 0.2) is 0 Å². The van der Waals surface area contributed by atoms with Gasteiger partial charge in [-0.2, -0.15) is 0 Å². The fourth-order valence-corrected chi connectivity index (χ4v) is 2.46. The first-order chi connectivity index (χ1) is 9.54. The molecule has 0 radical (unpaired) electrons. The summed E-state index contributed by atoms with van der Waals surface area (Å²) in [4.78, 5) is 26.5. The summed E-state index contributed by atoms with van der Waals surface area (Å²) < 4.78 is 4.65. The van der Waals surface area contributed by atoms with E-state index in [1.165, 1.54) is 13.3 Å². The largest absolute Gasteiger partial charge is 0.481 e. The van der Waals surface area contributed by atoms with E-state index in [9.17, 15) is 9.59 Å². The zero-order valence-electron chi connectivity index (χ0n) is 11.4. The highest BCUT2D eigenvalue weighted by molar-refractivity contribution is 5.89. The van der Waals surface area contributed by atoms with E-state index < -0.39 is 11.9 Å². The molecule has 0 amide bonds. The van der Waals surface area contributed by atoms with Gasteiger partial charge in [0.2, 0.25) is 0 Å². The number of carbonyl (C=O) groups excluding carboxylic acids is 1. The number of nitrogens with zero attached hydrogens (tertiary/aromatic N) is 1. The Morgan fingerprint density at radius 2 is 2.25 bits per heavy atom. The molecule has 0 unspecified atom stereocenters. The highest BCUT2D eigenvalue weighted by Gasteiger charge is 2.38. The van der Waals surface area contributed by atoms with Crippen LogP contribution >= 0.6 is 0 Å². The van der Waals surface area contributed by atoms with E-state index in [0.717, 1.165) is 19.3 Å². The average Bonchev–Trinajstić information content (AvgIpc) is 2.40. The first-order valence-electron chi connectivity index (χ1n) is 6.55. The van der Waals surface area contributed by atoms with Crippen LogP contribution < -0.4 is 5.32 Å². The molecule has 1 fully saturated rings. The zero-order valence-corrected chi connectivity index (χ0v) is 11.4. The van der Waals surface area contributed by atoms with E-state index >= 15 is 0 Å². The van der Waals surface area contributed by atoms with Crippen LogP contribution in [0.25, 0.3) is 0 Å². The highest BCUT2D eigenvalue weighted by atomic mass is 16.5. The molecule has 1 aliphatic rings. The van der Waals surface area contributed by atoms with Crippen molar-refractivity contribution in [3.05, 3.63) is 23.9 Å². The summed E-state index contributed by atoms with van der Waals surface area (Å²) in [6, 6.07) is 3.19. The minimum Gasteiger partial charge on any atom is -0.481 e. The molecule has 2 N–H and O–H groups in total. The van der Waals surface area contributed by atoms with Gasteiger partial charge in [-0.1, -0.05) is 6.42 Å². The standard InChI is InChI=1S/C14H18N2O4/c1-20-13(19)10-3-6-15-11(7-10)16-9-14(4-2-5-14)8-12(17)18/h3,6-7H,2,4-5,8-9H2,1H3,(H,15,16)(H,17,18). The Balaban J connectivity index is 2.00. The SMILES string of the molecule is COC(=O)c1ccnc(NCC2(CC(=O)O)CCC2)c1. The molecule has 0 saturated heterocycles. The third-order valence-electron chi connectivity index (χ3n) is 3.77. The maximum absolute atomic E-state index is 11.4. The van der Waals surface area contributed by atoms with Crippen molar-refractivity contribution in [3.8, 4) is 0 Å². The molecule has 0 spiro atoms. The number of hydrogen-bond donors (Lipinski definition) is 2. The van der Waals surface area contributed by atoms with E-state index in [-0.39, 0.29) is 11.8 Å². The van der Waals surface area contributed by atoms with Gasteiger partial charge in [0, 0.05) is 12.7 Å². The highest BCUT2D eigenvalue weighted by Crippen LogP contribution is 2.43. The van der Waals surface area contributed by atoms with Crippen molar-refractivity contribution in [2.75, 3.05) is 19.0 Å². The van der Waals surface area contributed by atoms with Gasteiger partial charge in [-0.25, -0.2) is 9.78 Å². The number of carboxylic acid groups (broad SMARTS) is 1. The van der Waals surface area contributed by atoms with Crippen LogP contribution in [0.1, 0.15) is 36.0 Å². The Morgan fingerprint density at radius 1 is 1.50 bits per heavy atom. The molecule has 1 aliphatic carbocycles. The molecule has 1 saturated carbocycles. The summed E-state index contributed by atoms with van der Waals surface area (Å²) >= 11 is 0. The number of carbonyl (C=O) groups is 2. The predicted octanol–water partition coefficient (Wildman–Crippen LogP) is 1.93. The van der Waals surface area contributed by atoms with Crippen LogP contribution in [0.4, 0.5) is 5.82 Å². The fourth-order valence-electron chi connectivity index (χ4n) is 2.46. The van der Waals surface area contributed by atoms with Crippen LogP contribution in [0.15, 0.2) is 18.3 Å². The number of carboxylic acids is 1. The number of esters is 1. The number of ether oxygens (including phenoxy) is 1. The van der Waals surface area contributed by atoms with Gasteiger partial charge in [-0.3, -0.25) is 4.79 Å². The van der Waals surface area contributed by atoms with Crippen molar-refractivity contribution >= 4 is 17.8 Å². The van der Waals surface area contributed by atoms with E-state index in [4.69, 9.17) is 5.11 Å². The van der Waals surface area contributed by atoms with Gasteiger partial charge in [0.05, 0.1) is 19.1 Å². The summed E-state index contributed by atoms with van der Waals surface area (Å²) in [6.07, 6.45) is 4.56. The van der Waals surface area contributed by atoms with Crippen LogP contribution in [-0.4, -0.2) is 35.7 Å². The summed E-state index contributed by atoms with van der Waals surface area (Å²) in [6.45, 7) is 0.553. The van der Waals surface area contributed by atoms with E-state index in [1.807, 2.05) is 0 Å². The molecule has 1 heterocycles. The minimum absolute atomic E-state index is 0.163. The third kappa shape index (κ3) is 3.26. The van der Waals surface area contributed by atoms with Gasteiger partial charge in [0.25, 0.3) is 0 Å². The second-order valence-electron chi connectivity index (χ2n) is 5.20. The number of methoxy groups -OCH3 is 1. The van der Waals surface area contributed by atoms with Crippen LogP contribution in [0, 0.1) is 5.41 Å². The molecular weight excluding hydrogens is 260 g/mol. The van der Waals surface area contributed by atoms with Crippen LogP contribution in [0.3, 0.4) is 0 Å². The van der Waals surface area contributed by atoms with Gasteiger partial charge in [0.1, 0.15) is 5.82 Å². The molecule has 1 aromatic heterocycles. The Bertz CT molecular complexity index is 512. The van der Waals surface area contributed by atoms with Gasteiger partial charge in [-0.15, -0.1) is 0 Å². The third-order valence-corrected chi connectivity index (χ3v) is 3.77. The Labute approximate surface area is 117 Å². The molecule has 0 aromatic carbocycles. The second-order valence-corrected chi connectivity index (χ2v) is 5.20. The van der Waals surface area contributed by atoms with Crippen LogP contribution in [-0.2, 0) is 9.53 Å². The van der Waals surface area contributed by atoms with Crippen LogP contribution in [0.5, 0.6) is 0 Å². The zero-order chi connectivity index (χ0) is 14.6. The Hall–Kier alpha value is -2.11. The van der Waals surface area contributed by atoms with Crippen molar-refractivity contribution in [1.82, 2.24) is 4.98 Å². The van der Waals surface area contributed by atoms with Gasteiger partial charge in [-0.05, 0) is 30.4 Å². The van der Waals surface area contributed by atoms with E-state index in [1.54, 1.807) is 12.1 Å². The van der Waals surface area contributed by atoms with Crippen molar-refractivity contribution < 1.29 is 19.4 Å². The number of anilines is 1. The molecule has 0 bridgehead atoms. The maximum Gasteiger partial charge on any atom is 0.338 e.